The summed E-state index contributed by atoms with van der Waals surface area (Å²) in [5, 5.41) is 5.94. The Bertz CT molecular complexity index is 868. The molecule has 0 aliphatic carbocycles. The Morgan fingerprint density at radius 1 is 1.00 bits per heavy atom. The first-order valence-corrected chi connectivity index (χ1v) is 6.97. The summed E-state index contributed by atoms with van der Waals surface area (Å²) in [5.74, 6) is 0. The SMILES string of the molecule is CC1=CC(C)(C)Nc2ccc3c(oc4ccccc43)c21. The van der Waals surface area contributed by atoms with Crippen LogP contribution in [0.3, 0.4) is 0 Å². The maximum Gasteiger partial charge on any atom is 0.144 e. The Kier molecular flexibility index (Phi) is 2.12. The zero-order valence-corrected chi connectivity index (χ0v) is 11.9. The fourth-order valence-electron chi connectivity index (χ4n) is 3.28. The summed E-state index contributed by atoms with van der Waals surface area (Å²) in [6.45, 7) is 6.53. The van der Waals surface area contributed by atoms with E-state index in [1.54, 1.807) is 0 Å². The minimum absolute atomic E-state index is 0.0171. The summed E-state index contributed by atoms with van der Waals surface area (Å²) in [6, 6.07) is 12.5. The zero-order chi connectivity index (χ0) is 13.9. The molecule has 1 aliphatic heterocycles. The second kappa shape index (κ2) is 3.66. The Labute approximate surface area is 118 Å². The Morgan fingerprint density at radius 3 is 2.65 bits per heavy atom. The molecule has 0 unspecified atom stereocenters. The molecule has 4 rings (SSSR count). The van der Waals surface area contributed by atoms with Crippen molar-refractivity contribution in [3.8, 4) is 0 Å². The number of fused-ring (bicyclic) bond motifs is 5. The molecule has 100 valence electrons. The van der Waals surface area contributed by atoms with E-state index in [1.807, 2.05) is 12.1 Å². The predicted octanol–water partition coefficient (Wildman–Crippen LogP) is 5.19. The van der Waals surface area contributed by atoms with E-state index in [9.17, 15) is 0 Å². The summed E-state index contributed by atoms with van der Waals surface area (Å²) in [6.07, 6.45) is 2.27. The van der Waals surface area contributed by atoms with E-state index in [0.29, 0.717) is 0 Å². The van der Waals surface area contributed by atoms with E-state index in [2.05, 4.69) is 56.4 Å². The molecule has 0 bridgehead atoms. The van der Waals surface area contributed by atoms with Crippen LogP contribution in [0.25, 0.3) is 27.5 Å². The van der Waals surface area contributed by atoms with Gasteiger partial charge in [-0.25, -0.2) is 0 Å². The molecule has 0 amide bonds. The normalized spacial score (nSPS) is 16.9. The third-order valence-corrected chi connectivity index (χ3v) is 3.98. The molecule has 0 atom stereocenters. The maximum atomic E-state index is 6.11. The van der Waals surface area contributed by atoms with Crippen molar-refractivity contribution in [2.24, 2.45) is 0 Å². The van der Waals surface area contributed by atoms with E-state index < -0.39 is 0 Å². The lowest BCUT2D eigenvalue weighted by Gasteiger charge is -2.31. The van der Waals surface area contributed by atoms with E-state index in [4.69, 9.17) is 4.42 Å². The monoisotopic (exact) mass is 263 g/mol. The molecule has 2 heterocycles. The van der Waals surface area contributed by atoms with Crippen LogP contribution in [0, 0.1) is 0 Å². The summed E-state index contributed by atoms with van der Waals surface area (Å²) < 4.78 is 6.11. The van der Waals surface area contributed by atoms with Crippen LogP contribution in [-0.2, 0) is 0 Å². The van der Waals surface area contributed by atoms with Gasteiger partial charge in [0.15, 0.2) is 0 Å². The number of benzene rings is 2. The van der Waals surface area contributed by atoms with Crippen LogP contribution in [0.1, 0.15) is 26.3 Å². The highest BCUT2D eigenvalue weighted by atomic mass is 16.3. The van der Waals surface area contributed by atoms with E-state index in [-0.39, 0.29) is 5.54 Å². The van der Waals surface area contributed by atoms with Crippen molar-refractivity contribution < 1.29 is 4.42 Å². The quantitative estimate of drug-likeness (QED) is 0.603. The molecule has 0 fully saturated rings. The maximum absolute atomic E-state index is 6.11. The number of hydrogen-bond donors (Lipinski definition) is 1. The van der Waals surface area contributed by atoms with Gasteiger partial charge in [-0.1, -0.05) is 24.3 Å². The largest absolute Gasteiger partial charge is 0.455 e. The number of hydrogen-bond acceptors (Lipinski definition) is 2. The number of para-hydroxylation sites is 1. The van der Waals surface area contributed by atoms with Crippen molar-refractivity contribution in [3.63, 3.8) is 0 Å². The first kappa shape index (κ1) is 11.6. The van der Waals surface area contributed by atoms with Crippen LogP contribution in [0.4, 0.5) is 5.69 Å². The van der Waals surface area contributed by atoms with E-state index in [1.165, 1.54) is 21.9 Å². The number of anilines is 1. The Morgan fingerprint density at radius 2 is 1.80 bits per heavy atom. The lowest BCUT2D eigenvalue weighted by atomic mass is 9.90. The third-order valence-electron chi connectivity index (χ3n) is 3.98. The van der Waals surface area contributed by atoms with Gasteiger partial charge in [-0.3, -0.25) is 0 Å². The van der Waals surface area contributed by atoms with Crippen LogP contribution < -0.4 is 5.32 Å². The summed E-state index contributed by atoms with van der Waals surface area (Å²) in [7, 11) is 0. The van der Waals surface area contributed by atoms with Gasteiger partial charge in [0.2, 0.25) is 0 Å². The van der Waals surface area contributed by atoms with Crippen LogP contribution in [0.5, 0.6) is 0 Å². The second-order valence-electron chi connectivity index (χ2n) is 6.14. The van der Waals surface area contributed by atoms with Crippen molar-refractivity contribution in [3.05, 3.63) is 48.0 Å². The Hall–Kier alpha value is -2.22. The molecule has 3 aromatic rings. The fraction of sp³-hybridized carbons (Fsp3) is 0.222. The number of rotatable bonds is 0. The molecule has 20 heavy (non-hydrogen) atoms. The molecule has 1 aliphatic rings. The van der Waals surface area contributed by atoms with Crippen molar-refractivity contribution in [1.29, 1.82) is 0 Å². The van der Waals surface area contributed by atoms with Gasteiger partial charge in [-0.2, -0.15) is 0 Å². The van der Waals surface area contributed by atoms with Gasteiger partial charge in [0.25, 0.3) is 0 Å². The summed E-state index contributed by atoms with van der Waals surface area (Å²) >= 11 is 0. The van der Waals surface area contributed by atoms with Crippen LogP contribution >= 0.6 is 0 Å². The molecule has 1 aromatic heterocycles. The molecular weight excluding hydrogens is 246 g/mol. The minimum atomic E-state index is -0.0171. The fourth-order valence-corrected chi connectivity index (χ4v) is 3.28. The topological polar surface area (TPSA) is 25.2 Å². The number of furan rings is 1. The molecule has 2 aromatic carbocycles. The standard InChI is InChI=1S/C18H17NO/c1-11-10-18(2,3)19-14-9-8-13-12-6-4-5-7-15(12)20-17(13)16(11)14/h4-10,19H,1-3H3. The zero-order valence-electron chi connectivity index (χ0n) is 11.9. The van der Waals surface area contributed by atoms with Gasteiger partial charge in [-0.05, 0) is 44.5 Å². The van der Waals surface area contributed by atoms with Crippen LogP contribution in [0.15, 0.2) is 46.9 Å². The van der Waals surface area contributed by atoms with Crippen molar-refractivity contribution >= 4 is 33.2 Å². The highest BCUT2D eigenvalue weighted by Crippen LogP contribution is 2.41. The highest BCUT2D eigenvalue weighted by molar-refractivity contribution is 6.10. The molecule has 0 radical (unpaired) electrons. The van der Waals surface area contributed by atoms with Gasteiger partial charge in [0.1, 0.15) is 11.2 Å². The van der Waals surface area contributed by atoms with Crippen molar-refractivity contribution in [2.75, 3.05) is 5.32 Å². The van der Waals surface area contributed by atoms with Crippen LogP contribution in [-0.4, -0.2) is 5.54 Å². The van der Waals surface area contributed by atoms with Gasteiger partial charge < -0.3 is 9.73 Å². The third kappa shape index (κ3) is 1.51. The molecule has 0 spiro atoms. The van der Waals surface area contributed by atoms with E-state index >= 15 is 0 Å². The molecule has 1 N–H and O–H groups in total. The van der Waals surface area contributed by atoms with Crippen molar-refractivity contribution in [1.82, 2.24) is 0 Å². The molecule has 2 heteroatoms. The lowest BCUT2D eigenvalue weighted by Crippen LogP contribution is -2.31. The first-order chi connectivity index (χ1) is 9.55. The summed E-state index contributed by atoms with van der Waals surface area (Å²) in [5.41, 5.74) is 5.54. The number of nitrogens with one attached hydrogen (secondary N) is 1. The van der Waals surface area contributed by atoms with Gasteiger partial charge in [0, 0.05) is 22.0 Å². The first-order valence-electron chi connectivity index (χ1n) is 6.97. The van der Waals surface area contributed by atoms with Gasteiger partial charge in [-0.15, -0.1) is 0 Å². The smallest absolute Gasteiger partial charge is 0.144 e. The van der Waals surface area contributed by atoms with Crippen molar-refractivity contribution in [2.45, 2.75) is 26.3 Å². The number of allylic oxidation sites excluding steroid dienone is 1. The summed E-state index contributed by atoms with van der Waals surface area (Å²) in [4.78, 5) is 0. The predicted molar refractivity (Wildman–Crippen MR) is 85.1 cm³/mol. The second-order valence-corrected chi connectivity index (χ2v) is 6.14. The lowest BCUT2D eigenvalue weighted by molar-refractivity contribution is 0.664. The highest BCUT2D eigenvalue weighted by Gasteiger charge is 2.25. The molecular formula is C18H17NO. The average molecular weight is 263 g/mol. The van der Waals surface area contributed by atoms with Gasteiger partial charge >= 0.3 is 0 Å². The molecule has 0 saturated carbocycles. The minimum Gasteiger partial charge on any atom is -0.455 e. The van der Waals surface area contributed by atoms with Gasteiger partial charge in [0.05, 0.1) is 5.54 Å². The van der Waals surface area contributed by atoms with E-state index in [0.717, 1.165) is 16.9 Å². The molecule has 0 saturated heterocycles. The average Bonchev–Trinajstić information content (AvgIpc) is 2.74. The molecule has 2 nitrogen and oxygen atoms in total. The van der Waals surface area contributed by atoms with Crippen LogP contribution in [0.2, 0.25) is 0 Å². The Balaban J connectivity index is 2.13.